The first-order chi connectivity index (χ1) is 21.9. The van der Waals surface area contributed by atoms with Crippen LogP contribution in [0.5, 0.6) is 11.5 Å². The highest BCUT2D eigenvalue weighted by Gasteiger charge is 2.57. The molecule has 7 nitrogen and oxygen atoms in total. The number of amides is 2. The molecule has 4 unspecified atom stereocenters. The Bertz CT molecular complexity index is 1880. The first-order valence-electron chi connectivity index (χ1n) is 14.0. The van der Waals surface area contributed by atoms with Crippen molar-refractivity contribution < 1.29 is 55.4 Å². The predicted molar refractivity (Wildman–Crippen MR) is 160 cm³/mol. The van der Waals surface area contributed by atoms with Crippen LogP contribution in [-0.2, 0) is 31.5 Å². The van der Waals surface area contributed by atoms with Gasteiger partial charge >= 0.3 is 12.4 Å². The average Bonchev–Trinajstić information content (AvgIpc) is 3.26. The lowest BCUT2D eigenvalue weighted by molar-refractivity contribution is -0.143. The second kappa shape index (κ2) is 11.2. The lowest BCUT2D eigenvalue weighted by Crippen LogP contribution is -2.40. The summed E-state index contributed by atoms with van der Waals surface area (Å²) in [7, 11) is 1.30. The molecule has 1 aliphatic heterocycles. The third-order valence-electron chi connectivity index (χ3n) is 9.10. The van der Waals surface area contributed by atoms with E-state index < -0.39 is 76.2 Å². The minimum Gasteiger partial charge on any atom is -0.503 e. The van der Waals surface area contributed by atoms with Gasteiger partial charge in [-0.3, -0.25) is 19.2 Å². The van der Waals surface area contributed by atoms with Gasteiger partial charge in [0.15, 0.2) is 23.1 Å². The summed E-state index contributed by atoms with van der Waals surface area (Å²) in [6.07, 6.45) is -7.93. The van der Waals surface area contributed by atoms with Crippen molar-refractivity contribution in [3.63, 3.8) is 0 Å². The number of rotatable bonds is 3. The van der Waals surface area contributed by atoms with Crippen LogP contribution in [0.3, 0.4) is 0 Å². The summed E-state index contributed by atoms with van der Waals surface area (Å²) < 4.78 is 87.8. The van der Waals surface area contributed by atoms with Crippen LogP contribution in [0.1, 0.15) is 42.4 Å². The minimum atomic E-state index is -5.21. The van der Waals surface area contributed by atoms with E-state index in [0.29, 0.717) is 32.6 Å². The number of ether oxygens (including phenoxy) is 1. The third-order valence-corrected chi connectivity index (χ3v) is 11.3. The Labute approximate surface area is 279 Å². The Morgan fingerprint density at radius 3 is 2.09 bits per heavy atom. The Morgan fingerprint density at radius 2 is 1.51 bits per heavy atom. The summed E-state index contributed by atoms with van der Waals surface area (Å²) in [6.45, 7) is 1.47. The van der Waals surface area contributed by atoms with Gasteiger partial charge in [-0.1, -0.05) is 11.6 Å². The molecule has 1 saturated heterocycles. The SMILES string of the molecule is COc1cc(C2C3=CCC4C(=O)N(c5cc(C(F)(F)F)cc(C(F)(F)F)c5)C(=O)C4C3CC3=C2C(=O)C(C)=CC3=O)c(Br)c(Br)c1O. The Kier molecular flexibility index (Phi) is 7.89. The number of alkyl halides is 6. The molecule has 0 spiro atoms. The quantitative estimate of drug-likeness (QED) is 0.149. The smallest absolute Gasteiger partial charge is 0.416 e. The van der Waals surface area contributed by atoms with Crippen LogP contribution in [0, 0.1) is 17.8 Å². The van der Waals surface area contributed by atoms with Gasteiger partial charge in [0.25, 0.3) is 0 Å². The Morgan fingerprint density at radius 1 is 0.894 bits per heavy atom. The molecule has 0 radical (unpaired) electrons. The summed E-state index contributed by atoms with van der Waals surface area (Å²) in [5.41, 5.74) is -3.06. The van der Waals surface area contributed by atoms with Crippen LogP contribution in [0.2, 0.25) is 0 Å². The van der Waals surface area contributed by atoms with Gasteiger partial charge in [-0.15, -0.1) is 0 Å². The van der Waals surface area contributed by atoms with Crippen molar-refractivity contribution in [2.24, 2.45) is 17.8 Å². The van der Waals surface area contributed by atoms with Crippen LogP contribution in [-0.4, -0.2) is 35.6 Å². The van der Waals surface area contributed by atoms with E-state index >= 15 is 0 Å². The predicted octanol–water partition coefficient (Wildman–Crippen LogP) is 7.60. The molecule has 4 aliphatic rings. The highest BCUT2D eigenvalue weighted by molar-refractivity contribution is 9.13. The number of benzene rings is 2. The monoisotopic (exact) mass is 787 g/mol. The van der Waals surface area contributed by atoms with Crippen molar-refractivity contribution in [2.75, 3.05) is 12.0 Å². The number of aromatic hydroxyl groups is 1. The van der Waals surface area contributed by atoms with Crippen LogP contribution < -0.4 is 9.64 Å². The normalized spacial score (nSPS) is 24.6. The molecule has 0 saturated carbocycles. The van der Waals surface area contributed by atoms with Crippen LogP contribution >= 0.6 is 31.9 Å². The summed E-state index contributed by atoms with van der Waals surface area (Å²) in [5.74, 6) is -7.54. The number of methoxy groups -OCH3 is 1. The molecule has 1 heterocycles. The van der Waals surface area contributed by atoms with E-state index in [4.69, 9.17) is 4.74 Å². The van der Waals surface area contributed by atoms with Gasteiger partial charge in [0, 0.05) is 27.1 Å². The molecule has 2 aromatic carbocycles. The number of Topliss-reactive ketones (excluding diaryl/α,β-unsaturated/α-hetero) is 1. The molecule has 4 atom stereocenters. The lowest BCUT2D eigenvalue weighted by Gasteiger charge is -2.42. The molecule has 246 valence electrons. The zero-order chi connectivity index (χ0) is 34.5. The number of ketones is 2. The molecule has 2 aromatic rings. The van der Waals surface area contributed by atoms with Crippen LogP contribution in [0.15, 0.2) is 67.7 Å². The summed E-state index contributed by atoms with van der Waals surface area (Å²) in [5, 5.41) is 10.6. The molecule has 3 aliphatic carbocycles. The van der Waals surface area contributed by atoms with E-state index in [1.807, 2.05) is 0 Å². The topological polar surface area (TPSA) is 101 Å². The van der Waals surface area contributed by atoms with Gasteiger partial charge in [-0.2, -0.15) is 26.3 Å². The van der Waals surface area contributed by atoms with Crippen molar-refractivity contribution in [1.82, 2.24) is 0 Å². The third kappa shape index (κ3) is 5.16. The number of carbonyl (C=O) groups is 4. The largest absolute Gasteiger partial charge is 0.503 e. The molecule has 1 N–H and O–H groups in total. The van der Waals surface area contributed by atoms with Gasteiger partial charge in [0.2, 0.25) is 11.8 Å². The van der Waals surface area contributed by atoms with E-state index in [9.17, 15) is 50.6 Å². The zero-order valence-corrected chi connectivity index (χ0v) is 27.3. The van der Waals surface area contributed by atoms with E-state index in [1.54, 1.807) is 6.08 Å². The van der Waals surface area contributed by atoms with Gasteiger partial charge in [-0.25, -0.2) is 4.90 Å². The molecular formula is C32H21Br2F6NO6. The Hall–Kier alpha value is -3.72. The second-order valence-corrected chi connectivity index (χ2v) is 13.2. The van der Waals surface area contributed by atoms with E-state index in [2.05, 4.69) is 31.9 Å². The van der Waals surface area contributed by atoms with Crippen molar-refractivity contribution in [3.05, 3.63) is 84.3 Å². The maximum absolute atomic E-state index is 14.1. The first-order valence-corrected chi connectivity index (χ1v) is 15.6. The number of phenolic OH excluding ortho intramolecular Hbond substituents is 1. The zero-order valence-electron chi connectivity index (χ0n) is 24.1. The van der Waals surface area contributed by atoms with Crippen molar-refractivity contribution in [1.29, 1.82) is 0 Å². The number of nitrogens with zero attached hydrogens (tertiary/aromatic N) is 1. The number of hydrogen-bond donors (Lipinski definition) is 1. The molecule has 0 aromatic heterocycles. The van der Waals surface area contributed by atoms with Crippen LogP contribution in [0.25, 0.3) is 0 Å². The molecule has 2 amide bonds. The number of imide groups is 1. The fourth-order valence-electron chi connectivity index (χ4n) is 7.02. The van der Waals surface area contributed by atoms with Crippen molar-refractivity contribution in [3.8, 4) is 11.5 Å². The number of halogens is 8. The van der Waals surface area contributed by atoms with Crippen LogP contribution in [0.4, 0.5) is 32.0 Å². The first kappa shape index (κ1) is 33.2. The Balaban J connectivity index is 1.52. The summed E-state index contributed by atoms with van der Waals surface area (Å²) in [4.78, 5) is 55.1. The standard InChI is InChI=1S/C32H21Br2F6NO6/c1-11-5-20(42)18-9-17-15(22(24(18)27(11)43)19-10-21(47-2)28(44)26(34)25(19)33)3-4-16-23(17)30(46)41(29(16)45)14-7-12(31(35,36)37)6-13(8-14)32(38,39)40/h3,5-8,10,16-17,22-23,44H,4,9H2,1-2H3. The van der Waals surface area contributed by atoms with Gasteiger partial charge in [0.05, 0.1) is 40.2 Å². The number of phenols is 1. The van der Waals surface area contributed by atoms with Crippen molar-refractivity contribution in [2.45, 2.75) is 38.0 Å². The lowest BCUT2D eigenvalue weighted by atomic mass is 9.59. The highest BCUT2D eigenvalue weighted by atomic mass is 79.9. The number of carbonyl (C=O) groups excluding carboxylic acids is 4. The van der Waals surface area contributed by atoms with E-state index in [-0.39, 0.29) is 51.6 Å². The number of hydrogen-bond acceptors (Lipinski definition) is 6. The molecule has 47 heavy (non-hydrogen) atoms. The van der Waals surface area contributed by atoms with Crippen molar-refractivity contribution >= 4 is 60.9 Å². The second-order valence-electron chi connectivity index (χ2n) is 11.6. The maximum Gasteiger partial charge on any atom is 0.416 e. The average molecular weight is 789 g/mol. The van der Waals surface area contributed by atoms with E-state index in [1.165, 1.54) is 20.1 Å². The molecule has 6 rings (SSSR count). The number of allylic oxidation sites excluding steroid dienone is 6. The molecule has 15 heteroatoms. The number of anilines is 1. The van der Waals surface area contributed by atoms with Gasteiger partial charge in [-0.05, 0) is 93.4 Å². The highest BCUT2D eigenvalue weighted by Crippen LogP contribution is 2.58. The van der Waals surface area contributed by atoms with Gasteiger partial charge in [0.1, 0.15) is 0 Å². The fraction of sp³-hybridized carbons (Fsp3) is 0.312. The number of fused-ring (bicyclic) bond motifs is 3. The minimum absolute atomic E-state index is 0.0128. The molecule has 1 fully saturated rings. The molecular weight excluding hydrogens is 768 g/mol. The summed E-state index contributed by atoms with van der Waals surface area (Å²) >= 11 is 6.74. The summed E-state index contributed by atoms with van der Waals surface area (Å²) in [6, 6.07) is 2.02. The molecule has 0 bridgehead atoms. The maximum atomic E-state index is 14.1. The van der Waals surface area contributed by atoms with Gasteiger partial charge < -0.3 is 9.84 Å². The fourth-order valence-corrected chi connectivity index (χ4v) is 7.97. The van der Waals surface area contributed by atoms with E-state index in [0.717, 1.165) is 6.08 Å².